The van der Waals surface area contributed by atoms with E-state index in [1.54, 1.807) is 7.11 Å². The van der Waals surface area contributed by atoms with E-state index in [1.807, 2.05) is 20.8 Å². The minimum absolute atomic E-state index is 0.134. The van der Waals surface area contributed by atoms with Crippen LogP contribution in [-0.4, -0.2) is 42.9 Å². The third-order valence-corrected chi connectivity index (χ3v) is 2.92. The van der Waals surface area contributed by atoms with Crippen LogP contribution in [0, 0.1) is 5.92 Å². The Kier molecular flexibility index (Phi) is 8.95. The summed E-state index contributed by atoms with van der Waals surface area (Å²) in [6, 6.07) is -1.43. The summed E-state index contributed by atoms with van der Waals surface area (Å²) in [7, 11) is 1.57. The van der Waals surface area contributed by atoms with E-state index in [-0.39, 0.29) is 12.0 Å². The molecule has 112 valence electrons. The van der Waals surface area contributed by atoms with Gasteiger partial charge in [-0.15, -0.1) is 0 Å². The van der Waals surface area contributed by atoms with Crippen LogP contribution < -0.4 is 10.6 Å². The molecule has 0 rings (SSSR count). The summed E-state index contributed by atoms with van der Waals surface area (Å²) in [5, 5.41) is 14.3. The van der Waals surface area contributed by atoms with E-state index in [0.717, 1.165) is 12.8 Å². The molecule has 0 aliphatic rings. The largest absolute Gasteiger partial charge is 0.480 e. The lowest BCUT2D eigenvalue weighted by molar-refractivity contribution is -0.139. The molecule has 0 aliphatic heterocycles. The molecular weight excluding hydrogens is 248 g/mol. The molecule has 2 atom stereocenters. The highest BCUT2D eigenvalue weighted by Gasteiger charge is 2.21. The second-order valence-corrected chi connectivity index (χ2v) is 4.96. The number of methoxy groups -OCH3 is 1. The highest BCUT2D eigenvalue weighted by atomic mass is 16.5. The zero-order chi connectivity index (χ0) is 14.8. The van der Waals surface area contributed by atoms with Crippen molar-refractivity contribution in [2.24, 2.45) is 5.92 Å². The van der Waals surface area contributed by atoms with Crippen LogP contribution >= 0.6 is 0 Å². The van der Waals surface area contributed by atoms with Crippen LogP contribution in [0.3, 0.4) is 0 Å². The molecule has 0 saturated carbocycles. The number of aliphatic carboxylic acids is 1. The highest BCUT2D eigenvalue weighted by Crippen LogP contribution is 2.03. The van der Waals surface area contributed by atoms with Crippen molar-refractivity contribution in [1.29, 1.82) is 0 Å². The first-order chi connectivity index (χ1) is 8.92. The van der Waals surface area contributed by atoms with Crippen LogP contribution in [0.2, 0.25) is 0 Å². The van der Waals surface area contributed by atoms with Gasteiger partial charge in [-0.25, -0.2) is 9.59 Å². The molecule has 19 heavy (non-hydrogen) atoms. The standard InChI is InChI=1S/C13H26N2O4/c1-5-6-7-10(12(16)17)14-13(18)15-11(8-19-4)9(2)3/h9-11H,5-8H2,1-4H3,(H,16,17)(H2,14,15,18)/t10-,11?/m0/s1. The summed E-state index contributed by atoms with van der Waals surface area (Å²) in [4.78, 5) is 22.8. The molecule has 0 aromatic heterocycles. The summed E-state index contributed by atoms with van der Waals surface area (Å²) < 4.78 is 5.02. The monoisotopic (exact) mass is 274 g/mol. The predicted octanol–water partition coefficient (Wildman–Crippen LogP) is 1.60. The Morgan fingerprint density at radius 1 is 1.26 bits per heavy atom. The van der Waals surface area contributed by atoms with E-state index in [4.69, 9.17) is 9.84 Å². The topological polar surface area (TPSA) is 87.7 Å². The molecule has 0 radical (unpaired) electrons. The smallest absolute Gasteiger partial charge is 0.326 e. The number of nitrogens with one attached hydrogen (secondary N) is 2. The summed E-state index contributed by atoms with van der Waals surface area (Å²) in [6.07, 6.45) is 2.10. The summed E-state index contributed by atoms with van der Waals surface area (Å²) in [6.45, 7) is 6.32. The van der Waals surface area contributed by atoms with Gasteiger partial charge < -0.3 is 20.5 Å². The molecule has 0 spiro atoms. The van der Waals surface area contributed by atoms with Crippen molar-refractivity contribution in [1.82, 2.24) is 10.6 Å². The minimum Gasteiger partial charge on any atom is -0.480 e. The summed E-state index contributed by atoms with van der Waals surface area (Å²) in [5.74, 6) is -0.791. The van der Waals surface area contributed by atoms with Crippen LogP contribution in [-0.2, 0) is 9.53 Å². The number of urea groups is 1. The maximum Gasteiger partial charge on any atom is 0.326 e. The number of unbranched alkanes of at least 4 members (excludes halogenated alkanes) is 1. The van der Waals surface area contributed by atoms with Crippen LogP contribution in [0.1, 0.15) is 40.0 Å². The van der Waals surface area contributed by atoms with Gasteiger partial charge in [0.05, 0.1) is 12.6 Å². The molecule has 0 fully saturated rings. The van der Waals surface area contributed by atoms with Crippen molar-refractivity contribution in [3.05, 3.63) is 0 Å². The van der Waals surface area contributed by atoms with E-state index < -0.39 is 18.0 Å². The van der Waals surface area contributed by atoms with Crippen LogP contribution in [0.15, 0.2) is 0 Å². The van der Waals surface area contributed by atoms with Crippen molar-refractivity contribution in [2.45, 2.75) is 52.1 Å². The number of amides is 2. The van der Waals surface area contributed by atoms with Crippen molar-refractivity contribution in [3.8, 4) is 0 Å². The number of hydrogen-bond acceptors (Lipinski definition) is 3. The Bertz CT molecular complexity index is 282. The third-order valence-electron chi connectivity index (χ3n) is 2.92. The molecular formula is C13H26N2O4. The summed E-state index contributed by atoms with van der Waals surface area (Å²) >= 11 is 0. The fraction of sp³-hybridized carbons (Fsp3) is 0.846. The van der Waals surface area contributed by atoms with Gasteiger partial charge in [0.25, 0.3) is 0 Å². The molecule has 0 aliphatic carbocycles. The molecule has 0 heterocycles. The van der Waals surface area contributed by atoms with Crippen molar-refractivity contribution in [3.63, 3.8) is 0 Å². The van der Waals surface area contributed by atoms with Gasteiger partial charge in [0.2, 0.25) is 0 Å². The molecule has 6 heteroatoms. The van der Waals surface area contributed by atoms with E-state index in [2.05, 4.69) is 10.6 Å². The number of hydrogen-bond donors (Lipinski definition) is 3. The van der Waals surface area contributed by atoms with Crippen molar-refractivity contribution < 1.29 is 19.4 Å². The Morgan fingerprint density at radius 2 is 1.89 bits per heavy atom. The molecule has 0 bridgehead atoms. The van der Waals surface area contributed by atoms with Gasteiger partial charge in [0, 0.05) is 7.11 Å². The lowest BCUT2D eigenvalue weighted by Crippen LogP contribution is -2.51. The minimum atomic E-state index is -1.00. The molecule has 0 aromatic rings. The Labute approximate surface area is 114 Å². The van der Waals surface area contributed by atoms with Gasteiger partial charge in [0.15, 0.2) is 0 Å². The summed E-state index contributed by atoms with van der Waals surface area (Å²) in [5.41, 5.74) is 0. The van der Waals surface area contributed by atoms with Gasteiger partial charge >= 0.3 is 12.0 Å². The Morgan fingerprint density at radius 3 is 2.32 bits per heavy atom. The van der Waals surface area contributed by atoms with Gasteiger partial charge in [-0.3, -0.25) is 0 Å². The maximum atomic E-state index is 11.8. The molecule has 2 amide bonds. The molecule has 3 N–H and O–H groups in total. The van der Waals surface area contributed by atoms with E-state index in [9.17, 15) is 9.59 Å². The lowest BCUT2D eigenvalue weighted by atomic mass is 10.1. The average molecular weight is 274 g/mol. The first-order valence-electron chi connectivity index (χ1n) is 6.71. The second-order valence-electron chi connectivity index (χ2n) is 4.96. The van der Waals surface area contributed by atoms with E-state index >= 15 is 0 Å². The lowest BCUT2D eigenvalue weighted by Gasteiger charge is -2.23. The number of carboxylic acid groups (broad SMARTS) is 1. The number of rotatable bonds is 9. The first kappa shape index (κ1) is 17.7. The van der Waals surface area contributed by atoms with Gasteiger partial charge in [-0.1, -0.05) is 33.6 Å². The van der Waals surface area contributed by atoms with Gasteiger partial charge in [-0.2, -0.15) is 0 Å². The van der Waals surface area contributed by atoms with E-state index in [0.29, 0.717) is 13.0 Å². The fourth-order valence-corrected chi connectivity index (χ4v) is 1.61. The van der Waals surface area contributed by atoms with E-state index in [1.165, 1.54) is 0 Å². The van der Waals surface area contributed by atoms with Crippen molar-refractivity contribution in [2.75, 3.05) is 13.7 Å². The van der Waals surface area contributed by atoms with Crippen LogP contribution in [0.25, 0.3) is 0 Å². The maximum absolute atomic E-state index is 11.8. The Balaban J connectivity index is 4.34. The first-order valence-corrected chi connectivity index (χ1v) is 6.71. The Hall–Kier alpha value is -1.30. The fourth-order valence-electron chi connectivity index (χ4n) is 1.61. The second kappa shape index (κ2) is 9.61. The quantitative estimate of drug-likeness (QED) is 0.596. The predicted molar refractivity (Wildman–Crippen MR) is 73.1 cm³/mol. The van der Waals surface area contributed by atoms with Crippen LogP contribution in [0.5, 0.6) is 0 Å². The van der Waals surface area contributed by atoms with Crippen molar-refractivity contribution >= 4 is 12.0 Å². The number of ether oxygens (including phenoxy) is 1. The number of carbonyl (C=O) groups excluding carboxylic acids is 1. The molecule has 1 unspecified atom stereocenters. The molecule has 6 nitrogen and oxygen atoms in total. The normalized spacial score (nSPS) is 13.9. The SMILES string of the molecule is CCCC[C@H](NC(=O)NC(COC)C(C)C)C(=O)O. The van der Waals surface area contributed by atoms with Gasteiger partial charge in [0.1, 0.15) is 6.04 Å². The number of carboxylic acids is 1. The zero-order valence-electron chi connectivity index (χ0n) is 12.2. The van der Waals surface area contributed by atoms with Crippen LogP contribution in [0.4, 0.5) is 4.79 Å². The zero-order valence-corrected chi connectivity index (χ0v) is 12.2. The highest BCUT2D eigenvalue weighted by molar-refractivity contribution is 5.82. The molecule has 0 saturated heterocycles. The molecule has 0 aromatic carbocycles. The average Bonchev–Trinajstić information content (AvgIpc) is 2.33. The number of carbonyl (C=O) groups is 2. The van der Waals surface area contributed by atoms with Gasteiger partial charge in [-0.05, 0) is 12.3 Å². The third kappa shape index (κ3) is 7.66.